The lowest BCUT2D eigenvalue weighted by Crippen LogP contribution is -2.66. The number of carbonyl (C=O) groups is 7. The highest BCUT2D eigenvalue weighted by atomic mass is 35.5. The Kier molecular flexibility index (Phi) is 15.2. The van der Waals surface area contributed by atoms with Crippen LogP contribution in [0.1, 0.15) is 110 Å². The van der Waals surface area contributed by atoms with Gasteiger partial charge in [-0.2, -0.15) is 13.2 Å². The van der Waals surface area contributed by atoms with Gasteiger partial charge in [-0.15, -0.1) is 0 Å². The van der Waals surface area contributed by atoms with E-state index in [4.69, 9.17) is 23.2 Å². The highest BCUT2D eigenvalue weighted by Gasteiger charge is 2.73. The molecule has 5 aliphatic rings. The minimum Gasteiger partial charge on any atom is -0.344 e. The predicted molar refractivity (Wildman–Crippen MR) is 233 cm³/mol. The highest BCUT2D eigenvalue weighted by molar-refractivity contribution is 6.33. The number of benzene rings is 1. The average Bonchev–Trinajstić information content (AvgIpc) is 3.91. The fraction of sp³-hybridized carbons (Fsp3) is 0.711. The molecule has 7 amide bonds. The third-order valence-electron chi connectivity index (χ3n) is 14.0. The molecule has 6 rings (SSSR count). The summed E-state index contributed by atoms with van der Waals surface area (Å²) in [4.78, 5) is 102. The van der Waals surface area contributed by atoms with E-state index in [1.54, 1.807) is 32.2 Å². The topological polar surface area (TPSA) is 177 Å². The molecule has 14 nitrogen and oxygen atoms in total. The molecule has 2 saturated heterocycles. The van der Waals surface area contributed by atoms with Crippen LogP contribution in [0.2, 0.25) is 10.0 Å². The fourth-order valence-corrected chi connectivity index (χ4v) is 10.5. The molecule has 2 aliphatic heterocycles. The molecule has 3 aliphatic carbocycles. The molecule has 2 heterocycles. The minimum atomic E-state index is -4.77. The van der Waals surface area contributed by atoms with E-state index in [0.29, 0.717) is 60.6 Å². The number of alkyl halides is 3. The van der Waals surface area contributed by atoms with Gasteiger partial charge >= 0.3 is 6.18 Å². The van der Waals surface area contributed by atoms with Crippen molar-refractivity contribution in [1.82, 2.24) is 36.0 Å². The summed E-state index contributed by atoms with van der Waals surface area (Å²) in [6, 6.07) is -2.10. The summed E-state index contributed by atoms with van der Waals surface area (Å²) in [5.74, 6) is -5.21. The van der Waals surface area contributed by atoms with Crippen LogP contribution in [0.4, 0.5) is 13.2 Å². The van der Waals surface area contributed by atoms with Crippen molar-refractivity contribution in [2.45, 2.75) is 153 Å². The first-order valence-corrected chi connectivity index (χ1v) is 23.4. The zero-order chi connectivity index (χ0) is 46.9. The van der Waals surface area contributed by atoms with Crippen molar-refractivity contribution in [2.75, 3.05) is 27.2 Å². The van der Waals surface area contributed by atoms with E-state index in [-0.39, 0.29) is 69.4 Å². The number of nitrogens with zero attached hydrogens (tertiary/aromatic N) is 3. The number of nitrogens with one attached hydrogen (secondary N) is 4. The van der Waals surface area contributed by atoms with E-state index in [9.17, 15) is 46.7 Å². The molecule has 19 heteroatoms. The molecule has 6 atom stereocenters. The van der Waals surface area contributed by atoms with Gasteiger partial charge in [0.15, 0.2) is 0 Å². The van der Waals surface area contributed by atoms with Gasteiger partial charge in [-0.25, -0.2) is 0 Å². The van der Waals surface area contributed by atoms with Gasteiger partial charge in [0.05, 0.1) is 0 Å². The first kappa shape index (κ1) is 49.3. The Morgan fingerprint density at radius 3 is 2.19 bits per heavy atom. The van der Waals surface area contributed by atoms with Crippen LogP contribution in [0.25, 0.3) is 0 Å². The van der Waals surface area contributed by atoms with Crippen LogP contribution < -0.4 is 21.3 Å². The molecule has 0 unspecified atom stereocenters. The Morgan fingerprint density at radius 1 is 0.891 bits per heavy atom. The quantitative estimate of drug-likeness (QED) is 0.257. The summed E-state index contributed by atoms with van der Waals surface area (Å²) in [6.07, 6.45) is -0.612. The molecule has 0 radical (unpaired) electrons. The van der Waals surface area contributed by atoms with Gasteiger partial charge in [-0.05, 0) is 125 Å². The first-order chi connectivity index (χ1) is 30.1. The van der Waals surface area contributed by atoms with Crippen LogP contribution in [0.15, 0.2) is 18.2 Å². The number of rotatable bonds is 10. The van der Waals surface area contributed by atoms with Crippen molar-refractivity contribution in [3.05, 3.63) is 33.8 Å². The molecule has 5 fully saturated rings. The Balaban J connectivity index is 1.21. The smallest absolute Gasteiger partial charge is 0.344 e. The molecule has 3 saturated carbocycles. The lowest BCUT2D eigenvalue weighted by Gasteiger charge is -2.60. The average molecular weight is 941 g/mol. The summed E-state index contributed by atoms with van der Waals surface area (Å²) in [6.45, 7) is 5.52. The van der Waals surface area contributed by atoms with Crippen molar-refractivity contribution >= 4 is 64.6 Å². The standard InChI is InChI=1S/C45H62Cl2F3N7O7/c1-25(2)20-32-41(63)56(5)34(22-28-21-29(46)14-15-30(28)47)38(60)51-26(3)40(62)55(4)18-7-6-10-31(36(58)53-32)52-39(61)35(27-12-13-27)54-37(59)33-11-8-19-57(33)42(64)44(45(48,49)50)23-43(24-44)16-9-17-43/h14-15,21,25-27,31-35H,6-13,16-20,22-24H2,1-5H3,(H,51,60)(H,52,61)(H,53,58)(H,54,59)/t26-,31+,32+,33+,34+,35+/m1/s1. The Hall–Kier alpha value is -4.12. The largest absolute Gasteiger partial charge is 0.403 e. The van der Waals surface area contributed by atoms with E-state index in [1.807, 2.05) is 13.8 Å². The fourth-order valence-electron chi connectivity index (χ4n) is 10.1. The number of hydrogen-bond acceptors (Lipinski definition) is 7. The second-order valence-electron chi connectivity index (χ2n) is 19.4. The summed E-state index contributed by atoms with van der Waals surface area (Å²) < 4.78 is 43.8. The molecule has 1 aromatic rings. The Morgan fingerprint density at radius 2 is 1.58 bits per heavy atom. The minimum absolute atomic E-state index is 0.00475. The monoisotopic (exact) mass is 939 g/mol. The number of hydrogen-bond donors (Lipinski definition) is 4. The second-order valence-corrected chi connectivity index (χ2v) is 20.3. The van der Waals surface area contributed by atoms with E-state index in [1.165, 1.54) is 16.8 Å². The normalized spacial score (nSPS) is 27.4. The maximum Gasteiger partial charge on any atom is 0.403 e. The van der Waals surface area contributed by atoms with Crippen molar-refractivity contribution in [2.24, 2.45) is 22.7 Å². The first-order valence-electron chi connectivity index (χ1n) is 22.6. The van der Waals surface area contributed by atoms with Gasteiger partial charge in [0.1, 0.15) is 41.7 Å². The molecule has 0 bridgehead atoms. The molecule has 1 spiro atoms. The molecular formula is C45H62Cl2F3N7O7. The third kappa shape index (κ3) is 10.8. The van der Waals surface area contributed by atoms with E-state index in [2.05, 4.69) is 21.3 Å². The number of amides is 7. The predicted octanol–water partition coefficient (Wildman–Crippen LogP) is 4.92. The molecule has 64 heavy (non-hydrogen) atoms. The van der Waals surface area contributed by atoms with Crippen molar-refractivity contribution in [3.63, 3.8) is 0 Å². The SMILES string of the molecule is CC(C)C[C@@H]1NC(=O)[C@@H](NC(=O)[C@@H](NC(=O)[C@@H]2CCCN2C(=O)C2(C(F)(F)F)CC3(CCC3)C2)C2CC2)CCCCN(C)C(=O)[C@@H](C)NC(=O)[C@H](Cc2cc(Cl)ccc2Cl)N(C)C1=O. The van der Waals surface area contributed by atoms with Crippen LogP contribution in [0.5, 0.6) is 0 Å². The summed E-state index contributed by atoms with van der Waals surface area (Å²) in [7, 11) is 3.00. The van der Waals surface area contributed by atoms with E-state index < -0.39 is 88.7 Å². The zero-order valence-electron chi connectivity index (χ0n) is 37.3. The van der Waals surface area contributed by atoms with Gasteiger partial charge in [0, 0.05) is 43.7 Å². The molecule has 0 aromatic heterocycles. The summed E-state index contributed by atoms with van der Waals surface area (Å²) in [5, 5.41) is 11.8. The Bertz CT molecular complexity index is 1970. The maximum atomic E-state index is 14.6. The van der Waals surface area contributed by atoms with Gasteiger partial charge in [-0.1, -0.05) is 43.5 Å². The number of likely N-dealkylation sites (N-methyl/N-ethyl adjacent to an activating group) is 2. The number of likely N-dealkylation sites (tertiary alicyclic amines) is 1. The Labute approximate surface area is 382 Å². The van der Waals surface area contributed by atoms with E-state index >= 15 is 0 Å². The summed E-state index contributed by atoms with van der Waals surface area (Å²) >= 11 is 12.8. The van der Waals surface area contributed by atoms with Gasteiger partial charge in [-0.3, -0.25) is 33.6 Å². The van der Waals surface area contributed by atoms with Crippen LogP contribution in [0.3, 0.4) is 0 Å². The second kappa shape index (κ2) is 19.8. The maximum absolute atomic E-state index is 14.6. The zero-order valence-corrected chi connectivity index (χ0v) is 38.8. The molecular weight excluding hydrogens is 878 g/mol. The van der Waals surface area contributed by atoms with Crippen LogP contribution >= 0.6 is 23.2 Å². The third-order valence-corrected chi connectivity index (χ3v) is 14.6. The molecule has 354 valence electrons. The van der Waals surface area contributed by atoms with Gasteiger partial charge in [0.25, 0.3) is 0 Å². The summed E-state index contributed by atoms with van der Waals surface area (Å²) in [5.41, 5.74) is -2.52. The van der Waals surface area contributed by atoms with Crippen molar-refractivity contribution < 1.29 is 46.7 Å². The molecule has 1 aromatic carbocycles. The van der Waals surface area contributed by atoms with Crippen molar-refractivity contribution in [1.29, 1.82) is 0 Å². The number of carbonyl (C=O) groups excluding carboxylic acids is 7. The van der Waals surface area contributed by atoms with Crippen LogP contribution in [-0.2, 0) is 40.0 Å². The van der Waals surface area contributed by atoms with E-state index in [0.717, 1.165) is 11.3 Å². The molecule has 4 N–H and O–H groups in total. The van der Waals surface area contributed by atoms with Gasteiger partial charge in [0.2, 0.25) is 41.4 Å². The lowest BCUT2D eigenvalue weighted by molar-refractivity contribution is -0.285. The van der Waals surface area contributed by atoms with Crippen LogP contribution in [0, 0.1) is 22.7 Å². The number of halogens is 5. The van der Waals surface area contributed by atoms with Crippen molar-refractivity contribution in [3.8, 4) is 0 Å². The van der Waals surface area contributed by atoms with Gasteiger partial charge < -0.3 is 36.0 Å². The highest BCUT2D eigenvalue weighted by Crippen LogP contribution is 2.69. The van der Waals surface area contributed by atoms with Crippen LogP contribution in [-0.4, -0.2) is 126 Å². The lowest BCUT2D eigenvalue weighted by atomic mass is 9.44.